The third kappa shape index (κ3) is 3.56. The maximum Gasteiger partial charge on any atom is 0.246 e. The van der Waals surface area contributed by atoms with Crippen LogP contribution in [0.2, 0.25) is 0 Å². The van der Waals surface area contributed by atoms with Gasteiger partial charge < -0.3 is 19.1 Å². The number of nitrogens with zero attached hydrogens (tertiary/aromatic N) is 1. The zero-order valence-corrected chi connectivity index (χ0v) is 13.8. The quantitative estimate of drug-likeness (QED) is 0.779. The van der Waals surface area contributed by atoms with Crippen LogP contribution in [0.1, 0.15) is 24.8 Å². The van der Waals surface area contributed by atoms with E-state index in [0.29, 0.717) is 25.2 Å². The third-order valence-electron chi connectivity index (χ3n) is 4.73. The molecule has 5 heteroatoms. The summed E-state index contributed by atoms with van der Waals surface area (Å²) in [5.74, 6) is 2.10. The van der Waals surface area contributed by atoms with E-state index in [4.69, 9.17) is 14.2 Å². The number of amides is 1. The van der Waals surface area contributed by atoms with Crippen molar-refractivity contribution in [3.63, 3.8) is 0 Å². The first-order chi connectivity index (χ1) is 11.8. The minimum absolute atomic E-state index is 0.0966. The van der Waals surface area contributed by atoms with E-state index in [1.54, 1.807) is 6.08 Å². The SMILES string of the molecule is O=C(/C=C\c1ccc2c(c1)OCCO2)N(C[C@@H]1CCOC1)C1CC1. The highest BCUT2D eigenvalue weighted by Crippen LogP contribution is 2.32. The van der Waals surface area contributed by atoms with Crippen LogP contribution < -0.4 is 9.47 Å². The second kappa shape index (κ2) is 6.85. The second-order valence-electron chi connectivity index (χ2n) is 6.69. The van der Waals surface area contributed by atoms with Gasteiger partial charge in [-0.05, 0) is 43.0 Å². The van der Waals surface area contributed by atoms with Gasteiger partial charge in [-0.1, -0.05) is 6.07 Å². The minimum atomic E-state index is 0.0966. The van der Waals surface area contributed by atoms with Gasteiger partial charge in [-0.2, -0.15) is 0 Å². The van der Waals surface area contributed by atoms with E-state index < -0.39 is 0 Å². The van der Waals surface area contributed by atoms with Gasteiger partial charge in [0.15, 0.2) is 11.5 Å². The number of ether oxygens (including phenoxy) is 3. The van der Waals surface area contributed by atoms with Gasteiger partial charge in [0.1, 0.15) is 13.2 Å². The number of hydrogen-bond acceptors (Lipinski definition) is 4. The standard InChI is InChI=1S/C19H23NO4/c21-19(20(16-3-4-16)12-15-7-8-22-13-15)6-2-14-1-5-17-18(11-14)24-10-9-23-17/h1-2,5-6,11,15-16H,3-4,7-10,12-13H2/b6-2-/t15-/m0/s1. The molecule has 4 rings (SSSR count). The lowest BCUT2D eigenvalue weighted by molar-refractivity contribution is -0.127. The molecule has 1 aromatic carbocycles. The summed E-state index contributed by atoms with van der Waals surface area (Å²) in [4.78, 5) is 14.6. The highest BCUT2D eigenvalue weighted by atomic mass is 16.6. The van der Waals surface area contributed by atoms with Crippen molar-refractivity contribution in [1.82, 2.24) is 4.90 Å². The summed E-state index contributed by atoms with van der Waals surface area (Å²) in [5.41, 5.74) is 0.951. The molecular formula is C19H23NO4. The first-order valence-electron chi connectivity index (χ1n) is 8.76. The lowest BCUT2D eigenvalue weighted by Gasteiger charge is -2.23. The van der Waals surface area contributed by atoms with Crippen molar-refractivity contribution in [3.05, 3.63) is 29.8 Å². The Hall–Kier alpha value is -2.01. The predicted octanol–water partition coefficient (Wildman–Crippen LogP) is 2.50. The summed E-state index contributed by atoms with van der Waals surface area (Å²) >= 11 is 0. The van der Waals surface area contributed by atoms with Crippen molar-refractivity contribution in [3.8, 4) is 11.5 Å². The average Bonchev–Trinajstić information content (AvgIpc) is 3.33. The Bertz CT molecular complexity index is 632. The maximum atomic E-state index is 12.6. The van der Waals surface area contributed by atoms with E-state index in [9.17, 15) is 4.79 Å². The summed E-state index contributed by atoms with van der Waals surface area (Å²) in [5, 5.41) is 0. The van der Waals surface area contributed by atoms with Crippen molar-refractivity contribution in [2.45, 2.75) is 25.3 Å². The van der Waals surface area contributed by atoms with Crippen molar-refractivity contribution in [2.75, 3.05) is 33.0 Å². The minimum Gasteiger partial charge on any atom is -0.486 e. The molecule has 1 saturated carbocycles. The van der Waals surface area contributed by atoms with Crippen LogP contribution in [0.5, 0.6) is 11.5 Å². The summed E-state index contributed by atoms with van der Waals surface area (Å²) in [7, 11) is 0. The van der Waals surface area contributed by atoms with Crippen LogP contribution in [0.15, 0.2) is 24.3 Å². The van der Waals surface area contributed by atoms with Gasteiger partial charge in [-0.3, -0.25) is 4.79 Å². The lowest BCUT2D eigenvalue weighted by atomic mass is 10.1. The highest BCUT2D eigenvalue weighted by Gasteiger charge is 2.33. The molecule has 1 aliphatic carbocycles. The van der Waals surface area contributed by atoms with Gasteiger partial charge in [0, 0.05) is 31.2 Å². The first-order valence-corrected chi connectivity index (χ1v) is 8.76. The Morgan fingerprint density at radius 2 is 1.96 bits per heavy atom. The Kier molecular flexibility index (Phi) is 4.43. The molecule has 0 radical (unpaired) electrons. The van der Waals surface area contributed by atoms with E-state index in [2.05, 4.69) is 0 Å². The van der Waals surface area contributed by atoms with Gasteiger partial charge in [0.2, 0.25) is 5.91 Å². The van der Waals surface area contributed by atoms with Crippen LogP contribution in [0.4, 0.5) is 0 Å². The molecule has 1 saturated heterocycles. The van der Waals surface area contributed by atoms with Gasteiger partial charge in [-0.25, -0.2) is 0 Å². The van der Waals surface area contributed by atoms with Gasteiger partial charge >= 0.3 is 0 Å². The van der Waals surface area contributed by atoms with Crippen LogP contribution in [-0.2, 0) is 9.53 Å². The monoisotopic (exact) mass is 329 g/mol. The van der Waals surface area contributed by atoms with E-state index in [-0.39, 0.29) is 5.91 Å². The second-order valence-corrected chi connectivity index (χ2v) is 6.69. The van der Waals surface area contributed by atoms with Crippen LogP contribution in [0.25, 0.3) is 6.08 Å². The number of rotatable bonds is 5. The number of hydrogen-bond donors (Lipinski definition) is 0. The zero-order chi connectivity index (χ0) is 16.4. The Balaban J connectivity index is 1.42. The fraction of sp³-hybridized carbons (Fsp3) is 0.526. The number of fused-ring (bicyclic) bond motifs is 1. The van der Waals surface area contributed by atoms with Crippen molar-refractivity contribution in [2.24, 2.45) is 5.92 Å². The molecule has 1 atom stereocenters. The third-order valence-corrected chi connectivity index (χ3v) is 4.73. The Morgan fingerprint density at radius 1 is 1.12 bits per heavy atom. The fourth-order valence-corrected chi connectivity index (χ4v) is 3.24. The van der Waals surface area contributed by atoms with Crippen molar-refractivity contribution >= 4 is 12.0 Å². The lowest BCUT2D eigenvalue weighted by Crippen LogP contribution is -2.36. The molecule has 24 heavy (non-hydrogen) atoms. The molecule has 1 aromatic rings. The molecule has 0 N–H and O–H groups in total. The summed E-state index contributed by atoms with van der Waals surface area (Å²) in [6.07, 6.45) is 6.84. The zero-order valence-electron chi connectivity index (χ0n) is 13.8. The molecule has 0 spiro atoms. The molecule has 2 heterocycles. The van der Waals surface area contributed by atoms with E-state index in [1.807, 2.05) is 29.2 Å². The van der Waals surface area contributed by atoms with Crippen LogP contribution in [0.3, 0.4) is 0 Å². The van der Waals surface area contributed by atoms with Crippen LogP contribution in [-0.4, -0.2) is 49.8 Å². The number of benzene rings is 1. The molecule has 1 amide bonds. The van der Waals surface area contributed by atoms with Crippen LogP contribution >= 0.6 is 0 Å². The largest absolute Gasteiger partial charge is 0.486 e. The summed E-state index contributed by atoms with van der Waals surface area (Å²) < 4.78 is 16.5. The van der Waals surface area contributed by atoms with Crippen molar-refractivity contribution < 1.29 is 19.0 Å². The molecule has 2 fully saturated rings. The van der Waals surface area contributed by atoms with E-state index in [1.165, 1.54) is 0 Å². The topological polar surface area (TPSA) is 48.0 Å². The normalized spacial score (nSPS) is 22.8. The molecule has 3 aliphatic rings. The van der Waals surface area contributed by atoms with E-state index in [0.717, 1.165) is 56.1 Å². The maximum absolute atomic E-state index is 12.6. The molecular weight excluding hydrogens is 306 g/mol. The number of carbonyl (C=O) groups excluding carboxylic acids is 1. The van der Waals surface area contributed by atoms with E-state index >= 15 is 0 Å². The van der Waals surface area contributed by atoms with Crippen LogP contribution in [0, 0.1) is 5.92 Å². The van der Waals surface area contributed by atoms with Gasteiger partial charge in [0.25, 0.3) is 0 Å². The predicted molar refractivity (Wildman–Crippen MR) is 90.1 cm³/mol. The number of carbonyl (C=O) groups is 1. The van der Waals surface area contributed by atoms with Crippen molar-refractivity contribution in [1.29, 1.82) is 0 Å². The molecule has 2 aliphatic heterocycles. The molecule has 5 nitrogen and oxygen atoms in total. The highest BCUT2D eigenvalue weighted by molar-refractivity contribution is 5.92. The molecule has 128 valence electrons. The Labute approximate surface area is 142 Å². The van der Waals surface area contributed by atoms with Gasteiger partial charge in [-0.15, -0.1) is 0 Å². The summed E-state index contributed by atoms with van der Waals surface area (Å²) in [6.45, 7) is 3.57. The Morgan fingerprint density at radius 3 is 2.71 bits per heavy atom. The molecule has 0 unspecified atom stereocenters. The average molecular weight is 329 g/mol. The fourth-order valence-electron chi connectivity index (χ4n) is 3.24. The molecule has 0 bridgehead atoms. The van der Waals surface area contributed by atoms with Gasteiger partial charge in [0.05, 0.1) is 6.61 Å². The first kappa shape index (κ1) is 15.5. The molecule has 0 aromatic heterocycles. The smallest absolute Gasteiger partial charge is 0.246 e. The summed E-state index contributed by atoms with van der Waals surface area (Å²) in [6, 6.07) is 6.18.